The fourth-order valence-corrected chi connectivity index (χ4v) is 2.48. The highest BCUT2D eigenvalue weighted by molar-refractivity contribution is 5.97. The van der Waals surface area contributed by atoms with Crippen LogP contribution in [0.5, 0.6) is 5.88 Å². The Labute approximate surface area is 138 Å². The topological polar surface area (TPSA) is 59.3 Å². The molecular weight excluding hydrogens is 290 g/mol. The van der Waals surface area contributed by atoms with Crippen molar-refractivity contribution < 1.29 is 9.90 Å². The number of carbonyl (C=O) groups is 1. The zero-order valence-electron chi connectivity index (χ0n) is 15.0. The summed E-state index contributed by atoms with van der Waals surface area (Å²) in [5.74, 6) is -0.472. The van der Waals surface area contributed by atoms with Gasteiger partial charge < -0.3 is 5.11 Å². The number of hydrogen-bond acceptors (Lipinski definition) is 3. The van der Waals surface area contributed by atoms with E-state index in [-0.39, 0.29) is 29.3 Å². The average molecular weight is 317 g/mol. The molecule has 0 aliphatic rings. The van der Waals surface area contributed by atoms with Crippen molar-refractivity contribution >= 4 is 5.78 Å². The second-order valence-corrected chi connectivity index (χ2v) is 6.29. The molecule has 0 aliphatic carbocycles. The van der Waals surface area contributed by atoms with E-state index < -0.39 is 0 Å². The van der Waals surface area contributed by atoms with Crippen molar-refractivity contribution in [2.45, 2.75) is 60.9 Å². The summed E-state index contributed by atoms with van der Waals surface area (Å²) in [5, 5.41) is 10.3. The summed E-state index contributed by atoms with van der Waals surface area (Å²) in [6.45, 7) is 11.2. The van der Waals surface area contributed by atoms with Crippen LogP contribution in [0.4, 0.5) is 0 Å². The van der Waals surface area contributed by atoms with Crippen molar-refractivity contribution in [3.8, 4) is 5.88 Å². The lowest BCUT2D eigenvalue weighted by Crippen LogP contribution is -2.25. The molecule has 126 valence electrons. The SMILES string of the molecule is CC(=O)c1c(C)c(C)c(=O)n(CC=C(C)CCC=C(C)C)c1O. The highest BCUT2D eigenvalue weighted by Gasteiger charge is 2.18. The van der Waals surface area contributed by atoms with E-state index in [9.17, 15) is 14.7 Å². The van der Waals surface area contributed by atoms with Crippen LogP contribution in [-0.2, 0) is 6.54 Å². The van der Waals surface area contributed by atoms with E-state index in [1.54, 1.807) is 13.8 Å². The van der Waals surface area contributed by atoms with Crippen LogP contribution >= 0.6 is 0 Å². The van der Waals surface area contributed by atoms with Gasteiger partial charge in [0.25, 0.3) is 5.56 Å². The van der Waals surface area contributed by atoms with E-state index in [4.69, 9.17) is 0 Å². The average Bonchev–Trinajstić information content (AvgIpc) is 2.44. The maximum Gasteiger partial charge on any atom is 0.256 e. The third kappa shape index (κ3) is 4.68. The van der Waals surface area contributed by atoms with E-state index in [0.717, 1.165) is 18.4 Å². The van der Waals surface area contributed by atoms with Crippen LogP contribution in [0.1, 0.15) is 62.0 Å². The molecule has 0 fully saturated rings. The zero-order chi connectivity index (χ0) is 17.7. The fraction of sp³-hybridized carbons (Fsp3) is 0.474. The Kier molecular flexibility index (Phi) is 6.55. The summed E-state index contributed by atoms with van der Waals surface area (Å²) >= 11 is 0. The van der Waals surface area contributed by atoms with Gasteiger partial charge in [-0.15, -0.1) is 0 Å². The standard InChI is InChI=1S/C19H27NO3/c1-12(2)8-7-9-13(3)10-11-20-18(22)15(5)14(4)17(16(6)21)19(20)23/h8,10,23H,7,9,11H2,1-6H3. The van der Waals surface area contributed by atoms with Gasteiger partial charge in [0.1, 0.15) is 0 Å². The molecule has 0 atom stereocenters. The Morgan fingerprint density at radius 1 is 1.09 bits per heavy atom. The lowest BCUT2D eigenvalue weighted by molar-refractivity contribution is 0.101. The molecule has 1 rings (SSSR count). The van der Waals surface area contributed by atoms with Crippen LogP contribution < -0.4 is 5.56 Å². The van der Waals surface area contributed by atoms with Crippen LogP contribution in [0.2, 0.25) is 0 Å². The molecule has 23 heavy (non-hydrogen) atoms. The predicted molar refractivity (Wildman–Crippen MR) is 94.3 cm³/mol. The summed E-state index contributed by atoms with van der Waals surface area (Å²) < 4.78 is 1.27. The predicted octanol–water partition coefficient (Wildman–Crippen LogP) is 4.07. The number of ketones is 1. The van der Waals surface area contributed by atoms with Crippen LogP contribution in [0.3, 0.4) is 0 Å². The normalized spacial score (nSPS) is 11.5. The first-order valence-electron chi connectivity index (χ1n) is 7.89. The van der Waals surface area contributed by atoms with E-state index in [2.05, 4.69) is 19.9 Å². The lowest BCUT2D eigenvalue weighted by atomic mass is 10.0. The van der Waals surface area contributed by atoms with Crippen molar-refractivity contribution in [2.24, 2.45) is 0 Å². The van der Waals surface area contributed by atoms with Crippen molar-refractivity contribution in [2.75, 3.05) is 0 Å². The molecule has 0 radical (unpaired) electrons. The first-order valence-corrected chi connectivity index (χ1v) is 7.89. The molecule has 0 saturated heterocycles. The summed E-state index contributed by atoms with van der Waals surface area (Å²) in [7, 11) is 0. The molecule has 0 spiro atoms. The minimum Gasteiger partial charge on any atom is -0.494 e. The van der Waals surface area contributed by atoms with E-state index >= 15 is 0 Å². The van der Waals surface area contributed by atoms with Gasteiger partial charge in [0.15, 0.2) is 5.78 Å². The van der Waals surface area contributed by atoms with Gasteiger partial charge in [-0.3, -0.25) is 14.2 Å². The Bertz CT molecular complexity index is 717. The van der Waals surface area contributed by atoms with Crippen molar-refractivity contribution in [1.29, 1.82) is 0 Å². The molecule has 0 aromatic carbocycles. The van der Waals surface area contributed by atoms with Gasteiger partial charge in [0, 0.05) is 12.1 Å². The largest absolute Gasteiger partial charge is 0.494 e. The first-order chi connectivity index (χ1) is 10.7. The van der Waals surface area contributed by atoms with Gasteiger partial charge in [-0.05, 0) is 59.9 Å². The van der Waals surface area contributed by atoms with E-state index in [1.165, 1.54) is 17.1 Å². The lowest BCUT2D eigenvalue weighted by Gasteiger charge is -2.14. The molecule has 1 heterocycles. The number of carbonyl (C=O) groups excluding carboxylic acids is 1. The molecule has 0 saturated carbocycles. The van der Waals surface area contributed by atoms with Gasteiger partial charge in [0.05, 0.1) is 5.56 Å². The third-order valence-electron chi connectivity index (χ3n) is 4.05. The molecule has 1 N–H and O–H groups in total. The Balaban J connectivity index is 3.12. The van der Waals surface area contributed by atoms with E-state index in [1.807, 2.05) is 13.0 Å². The molecule has 1 aromatic heterocycles. The minimum atomic E-state index is -0.252. The number of aromatic hydroxyl groups is 1. The Hall–Kier alpha value is -2.10. The molecule has 1 aromatic rings. The van der Waals surface area contributed by atoms with Gasteiger partial charge in [-0.25, -0.2) is 0 Å². The highest BCUT2D eigenvalue weighted by atomic mass is 16.3. The number of Topliss-reactive ketones (excluding diaryl/α,β-unsaturated/α-hetero) is 1. The quantitative estimate of drug-likeness (QED) is 0.635. The fourth-order valence-electron chi connectivity index (χ4n) is 2.48. The number of allylic oxidation sites excluding steroid dienone is 4. The summed E-state index contributed by atoms with van der Waals surface area (Å²) in [5.41, 5.74) is 3.48. The molecule has 4 heteroatoms. The van der Waals surface area contributed by atoms with Gasteiger partial charge in [-0.2, -0.15) is 0 Å². The monoisotopic (exact) mass is 317 g/mol. The molecular formula is C19H27NO3. The molecule has 0 bridgehead atoms. The number of hydrogen-bond donors (Lipinski definition) is 1. The van der Waals surface area contributed by atoms with Crippen LogP contribution in [0, 0.1) is 13.8 Å². The smallest absolute Gasteiger partial charge is 0.256 e. The van der Waals surface area contributed by atoms with Crippen LogP contribution in [-0.4, -0.2) is 15.5 Å². The number of pyridine rings is 1. The first kappa shape index (κ1) is 18.9. The second kappa shape index (κ2) is 7.95. The highest BCUT2D eigenvalue weighted by Crippen LogP contribution is 2.22. The van der Waals surface area contributed by atoms with Gasteiger partial charge in [0.2, 0.25) is 5.88 Å². The van der Waals surface area contributed by atoms with Crippen LogP contribution in [0.15, 0.2) is 28.1 Å². The number of aromatic nitrogens is 1. The zero-order valence-corrected chi connectivity index (χ0v) is 15.0. The Morgan fingerprint density at radius 2 is 1.70 bits per heavy atom. The second-order valence-electron chi connectivity index (χ2n) is 6.29. The molecule has 0 unspecified atom stereocenters. The van der Waals surface area contributed by atoms with Crippen LogP contribution in [0.25, 0.3) is 0 Å². The molecule has 0 amide bonds. The third-order valence-corrected chi connectivity index (χ3v) is 4.05. The maximum absolute atomic E-state index is 12.4. The van der Waals surface area contributed by atoms with E-state index in [0.29, 0.717) is 11.1 Å². The number of nitrogens with zero attached hydrogens (tertiary/aromatic N) is 1. The Morgan fingerprint density at radius 3 is 2.22 bits per heavy atom. The summed E-state index contributed by atoms with van der Waals surface area (Å²) in [4.78, 5) is 24.1. The van der Waals surface area contributed by atoms with Crippen molar-refractivity contribution in [3.05, 3.63) is 50.3 Å². The summed E-state index contributed by atoms with van der Waals surface area (Å²) in [6, 6.07) is 0. The minimum absolute atomic E-state index is 0.234. The molecule has 4 nitrogen and oxygen atoms in total. The van der Waals surface area contributed by atoms with Crippen molar-refractivity contribution in [3.63, 3.8) is 0 Å². The van der Waals surface area contributed by atoms with Crippen molar-refractivity contribution in [1.82, 2.24) is 4.57 Å². The van der Waals surface area contributed by atoms with Gasteiger partial charge in [-0.1, -0.05) is 23.3 Å². The molecule has 0 aliphatic heterocycles. The maximum atomic E-state index is 12.4. The summed E-state index contributed by atoms with van der Waals surface area (Å²) in [6.07, 6.45) is 5.96. The number of rotatable bonds is 6. The van der Waals surface area contributed by atoms with Gasteiger partial charge >= 0.3 is 0 Å².